The molecule has 152 valence electrons. The van der Waals surface area contributed by atoms with Crippen molar-refractivity contribution in [1.29, 1.82) is 0 Å². The number of nitrogens with zero attached hydrogens (tertiary/aromatic N) is 3. The second-order valence-corrected chi connectivity index (χ2v) is 9.14. The second-order valence-electron chi connectivity index (χ2n) is 6.26. The molecule has 0 bridgehead atoms. The van der Waals surface area contributed by atoms with E-state index in [1.807, 2.05) is 20.8 Å². The van der Waals surface area contributed by atoms with E-state index in [1.165, 1.54) is 28.2 Å². The van der Waals surface area contributed by atoms with E-state index in [2.05, 4.69) is 15.3 Å². The minimum absolute atomic E-state index is 0.134. The van der Waals surface area contributed by atoms with Gasteiger partial charge >= 0.3 is 0 Å². The predicted molar refractivity (Wildman–Crippen MR) is 112 cm³/mol. The Morgan fingerprint density at radius 3 is 2.29 bits per heavy atom. The van der Waals surface area contributed by atoms with E-state index in [4.69, 9.17) is 0 Å². The number of benzene rings is 1. The molecular weight excluding hydrogens is 396 g/mol. The molecule has 0 saturated heterocycles. The molecule has 0 aliphatic heterocycles. The first-order valence-corrected chi connectivity index (χ1v) is 11.5. The summed E-state index contributed by atoms with van der Waals surface area (Å²) in [5, 5.41) is 3.29. The van der Waals surface area contributed by atoms with Gasteiger partial charge in [-0.25, -0.2) is 18.4 Å². The van der Waals surface area contributed by atoms with Gasteiger partial charge in [-0.15, -0.1) is 0 Å². The van der Waals surface area contributed by atoms with Gasteiger partial charge in [0.05, 0.1) is 10.6 Å². The molecule has 1 aromatic heterocycles. The quantitative estimate of drug-likeness (QED) is 0.519. The van der Waals surface area contributed by atoms with Gasteiger partial charge in [0.15, 0.2) is 5.16 Å². The van der Waals surface area contributed by atoms with Gasteiger partial charge < -0.3 is 5.32 Å². The van der Waals surface area contributed by atoms with Crippen LogP contribution in [0, 0.1) is 20.8 Å². The Balaban J connectivity index is 2.07. The van der Waals surface area contributed by atoms with Crippen LogP contribution in [-0.4, -0.2) is 47.4 Å². The van der Waals surface area contributed by atoms with Crippen molar-refractivity contribution in [2.75, 3.05) is 24.2 Å². The van der Waals surface area contributed by atoms with Gasteiger partial charge in [-0.2, -0.15) is 4.31 Å². The Bertz CT molecular complexity index is 934. The monoisotopic (exact) mass is 422 g/mol. The number of sulfonamides is 1. The Kier molecular flexibility index (Phi) is 7.56. The second kappa shape index (κ2) is 9.49. The number of rotatable bonds is 8. The predicted octanol–water partition coefficient (Wildman–Crippen LogP) is 3.16. The van der Waals surface area contributed by atoms with Crippen LogP contribution in [0.4, 0.5) is 5.69 Å². The highest BCUT2D eigenvalue weighted by Gasteiger charge is 2.21. The number of anilines is 1. The van der Waals surface area contributed by atoms with Crippen LogP contribution in [0.1, 0.15) is 30.8 Å². The van der Waals surface area contributed by atoms with Crippen LogP contribution in [0.15, 0.2) is 34.3 Å². The van der Waals surface area contributed by atoms with E-state index in [0.29, 0.717) is 23.9 Å². The summed E-state index contributed by atoms with van der Waals surface area (Å²) in [5.41, 5.74) is 3.27. The number of carbonyl (C=O) groups is 1. The fourth-order valence-electron chi connectivity index (χ4n) is 2.58. The Hall–Kier alpha value is -1.97. The van der Waals surface area contributed by atoms with Gasteiger partial charge in [0.25, 0.3) is 0 Å². The van der Waals surface area contributed by atoms with E-state index < -0.39 is 10.0 Å². The van der Waals surface area contributed by atoms with E-state index in [0.717, 1.165) is 17.0 Å². The summed E-state index contributed by atoms with van der Waals surface area (Å²) in [6.07, 6.45) is 0. The number of carbonyl (C=O) groups excluding carboxylic acids is 1. The third-order valence-corrected chi connectivity index (χ3v) is 7.30. The van der Waals surface area contributed by atoms with E-state index in [9.17, 15) is 13.2 Å². The summed E-state index contributed by atoms with van der Waals surface area (Å²) in [4.78, 5) is 21.2. The van der Waals surface area contributed by atoms with Crippen molar-refractivity contribution in [3.8, 4) is 0 Å². The van der Waals surface area contributed by atoms with Crippen molar-refractivity contribution in [1.82, 2.24) is 14.3 Å². The summed E-state index contributed by atoms with van der Waals surface area (Å²) in [6, 6.07) is 6.30. The molecule has 0 fully saturated rings. The zero-order valence-electron chi connectivity index (χ0n) is 16.8. The number of thioether (sulfide) groups is 1. The van der Waals surface area contributed by atoms with Crippen molar-refractivity contribution < 1.29 is 13.2 Å². The fourth-order valence-corrected chi connectivity index (χ4v) is 4.82. The molecule has 9 heteroatoms. The van der Waals surface area contributed by atoms with Crippen LogP contribution in [0.25, 0.3) is 0 Å². The van der Waals surface area contributed by atoms with Gasteiger partial charge in [0.2, 0.25) is 15.9 Å². The maximum atomic E-state index is 12.6. The lowest BCUT2D eigenvalue weighted by Crippen LogP contribution is -2.30. The lowest BCUT2D eigenvalue weighted by atomic mass is 10.2. The van der Waals surface area contributed by atoms with Crippen LogP contribution < -0.4 is 5.32 Å². The molecule has 0 saturated carbocycles. The highest BCUT2D eigenvalue weighted by atomic mass is 32.2. The molecule has 1 N–H and O–H groups in total. The first kappa shape index (κ1) is 22.3. The molecule has 0 radical (unpaired) electrons. The molecule has 7 nitrogen and oxygen atoms in total. The van der Waals surface area contributed by atoms with Gasteiger partial charge in [0.1, 0.15) is 0 Å². The molecule has 2 rings (SSSR count). The summed E-state index contributed by atoms with van der Waals surface area (Å²) in [7, 11) is -3.57. The maximum absolute atomic E-state index is 12.6. The number of hydrogen-bond donors (Lipinski definition) is 1. The van der Waals surface area contributed by atoms with Gasteiger partial charge in [-0.1, -0.05) is 31.7 Å². The number of aryl methyl sites for hydroxylation is 2. The molecule has 0 aliphatic rings. The number of aromatic nitrogens is 2. The normalized spacial score (nSPS) is 11.6. The first-order chi connectivity index (χ1) is 13.2. The molecule has 2 aromatic rings. The van der Waals surface area contributed by atoms with Crippen LogP contribution in [-0.2, 0) is 14.8 Å². The summed E-state index contributed by atoms with van der Waals surface area (Å²) >= 11 is 1.25. The maximum Gasteiger partial charge on any atom is 0.243 e. The third-order valence-electron chi connectivity index (χ3n) is 4.41. The Morgan fingerprint density at radius 1 is 1.11 bits per heavy atom. The molecule has 0 spiro atoms. The summed E-state index contributed by atoms with van der Waals surface area (Å²) < 4.78 is 26.6. The molecule has 28 heavy (non-hydrogen) atoms. The lowest BCUT2D eigenvalue weighted by molar-refractivity contribution is -0.113. The molecule has 1 aromatic carbocycles. The fraction of sp³-hybridized carbons (Fsp3) is 0.421. The molecule has 0 aliphatic carbocycles. The highest BCUT2D eigenvalue weighted by molar-refractivity contribution is 7.99. The average Bonchev–Trinajstić information content (AvgIpc) is 2.65. The van der Waals surface area contributed by atoms with Gasteiger partial charge in [0, 0.05) is 30.2 Å². The minimum Gasteiger partial charge on any atom is -0.325 e. The molecule has 1 amide bonds. The highest BCUT2D eigenvalue weighted by Crippen LogP contribution is 2.21. The Morgan fingerprint density at radius 2 is 1.71 bits per heavy atom. The van der Waals surface area contributed by atoms with Crippen molar-refractivity contribution in [3.63, 3.8) is 0 Å². The Labute approximate surface area is 171 Å². The number of hydrogen-bond acceptors (Lipinski definition) is 6. The molecule has 0 unspecified atom stereocenters. The smallest absolute Gasteiger partial charge is 0.243 e. The average molecular weight is 423 g/mol. The SMILES string of the molecule is CCN(CC)S(=O)(=O)c1cccc(NC(=O)CSc2nc(C)c(C)c(C)n2)c1. The van der Waals surface area contributed by atoms with E-state index in [1.54, 1.807) is 26.0 Å². The van der Waals surface area contributed by atoms with Crippen LogP contribution >= 0.6 is 11.8 Å². The summed E-state index contributed by atoms with van der Waals surface area (Å²) in [6.45, 7) is 10.2. The van der Waals surface area contributed by atoms with Crippen molar-refractivity contribution in [2.45, 2.75) is 44.7 Å². The lowest BCUT2D eigenvalue weighted by Gasteiger charge is -2.18. The number of amides is 1. The third kappa shape index (κ3) is 5.30. The van der Waals surface area contributed by atoms with Gasteiger partial charge in [-0.05, 0) is 44.5 Å². The van der Waals surface area contributed by atoms with Crippen molar-refractivity contribution in [3.05, 3.63) is 41.2 Å². The van der Waals surface area contributed by atoms with Crippen LogP contribution in [0.2, 0.25) is 0 Å². The topological polar surface area (TPSA) is 92.3 Å². The van der Waals surface area contributed by atoms with Gasteiger partial charge in [-0.3, -0.25) is 4.79 Å². The zero-order valence-corrected chi connectivity index (χ0v) is 18.4. The van der Waals surface area contributed by atoms with Crippen LogP contribution in [0.5, 0.6) is 0 Å². The molecular formula is C19H26N4O3S2. The minimum atomic E-state index is -3.57. The standard InChI is InChI=1S/C19H26N4O3S2/c1-6-23(7-2)28(25,26)17-10-8-9-16(11-17)22-18(24)12-27-19-20-14(4)13(3)15(5)21-19/h8-11H,6-7,12H2,1-5H3,(H,22,24). The molecule has 1 heterocycles. The first-order valence-electron chi connectivity index (χ1n) is 9.03. The zero-order chi connectivity index (χ0) is 20.9. The number of nitrogens with one attached hydrogen (secondary N) is 1. The van der Waals surface area contributed by atoms with Crippen LogP contribution in [0.3, 0.4) is 0 Å². The van der Waals surface area contributed by atoms with Crippen molar-refractivity contribution >= 4 is 33.4 Å². The van der Waals surface area contributed by atoms with E-state index >= 15 is 0 Å². The largest absolute Gasteiger partial charge is 0.325 e. The molecule has 0 atom stereocenters. The summed E-state index contributed by atoms with van der Waals surface area (Å²) in [5.74, 6) is -0.114. The van der Waals surface area contributed by atoms with Crippen molar-refractivity contribution in [2.24, 2.45) is 0 Å². The van der Waals surface area contributed by atoms with E-state index in [-0.39, 0.29) is 16.6 Å².